The van der Waals surface area contributed by atoms with Crippen LogP contribution in [0.4, 0.5) is 4.79 Å². The van der Waals surface area contributed by atoms with Gasteiger partial charge < -0.3 is 14.6 Å². The maximum Gasteiger partial charge on any atom is 0.411 e. The lowest BCUT2D eigenvalue weighted by molar-refractivity contribution is -0.120. The van der Waals surface area contributed by atoms with Crippen molar-refractivity contribution >= 4 is 33.6 Å². The standard InChI is InChI=1S/C26H24N4O4/c1-26(13-33-14-26)15-34-19-6-7-22-21(11-19)27-16-30(22)23-8-5-17-3-2-4-20(24(17)28-23)18-9-10-29(12-18)25(31)32/h2-8,11-12,16H,9-10,13-15H2,1H3,(H,31,32). The molecule has 2 aliphatic heterocycles. The number of hydrogen-bond acceptors (Lipinski definition) is 5. The van der Waals surface area contributed by atoms with Crippen LogP contribution in [0.2, 0.25) is 0 Å². The smallest absolute Gasteiger partial charge is 0.411 e. The van der Waals surface area contributed by atoms with Gasteiger partial charge in [0.2, 0.25) is 0 Å². The number of benzene rings is 2. The number of aromatic nitrogens is 3. The first-order chi connectivity index (χ1) is 16.5. The first-order valence-corrected chi connectivity index (χ1v) is 11.3. The highest BCUT2D eigenvalue weighted by Crippen LogP contribution is 2.32. The number of nitrogens with zero attached hydrogens (tertiary/aromatic N) is 4. The van der Waals surface area contributed by atoms with Crippen LogP contribution in [0.5, 0.6) is 5.75 Å². The molecule has 0 bridgehead atoms. The lowest BCUT2D eigenvalue weighted by Crippen LogP contribution is -2.44. The summed E-state index contributed by atoms with van der Waals surface area (Å²) in [5.41, 5.74) is 4.62. The topological polar surface area (TPSA) is 89.7 Å². The summed E-state index contributed by atoms with van der Waals surface area (Å²) in [4.78, 5) is 22.2. The van der Waals surface area contributed by atoms with Crippen molar-refractivity contribution in [2.45, 2.75) is 13.3 Å². The Morgan fingerprint density at radius 1 is 1.21 bits per heavy atom. The SMILES string of the molecule is CC1(COc2ccc3c(c2)ncn3-c2ccc3cccc(C4=CN(C(=O)O)CC4)c3n2)COC1. The highest BCUT2D eigenvalue weighted by Gasteiger charge is 2.34. The number of imidazole rings is 1. The third kappa shape index (κ3) is 3.56. The molecule has 4 heterocycles. The predicted octanol–water partition coefficient (Wildman–Crippen LogP) is 4.71. The molecule has 0 atom stereocenters. The molecule has 0 spiro atoms. The third-order valence-corrected chi connectivity index (χ3v) is 6.48. The Kier molecular flexibility index (Phi) is 4.77. The van der Waals surface area contributed by atoms with Crippen LogP contribution in [-0.2, 0) is 4.74 Å². The second-order valence-electron chi connectivity index (χ2n) is 9.28. The molecule has 6 rings (SSSR count). The Hall–Kier alpha value is -3.91. The van der Waals surface area contributed by atoms with Crippen molar-refractivity contribution in [3.8, 4) is 11.6 Å². The summed E-state index contributed by atoms with van der Waals surface area (Å²) in [6, 6.07) is 15.9. The highest BCUT2D eigenvalue weighted by atomic mass is 16.5. The minimum absolute atomic E-state index is 0.0806. The minimum Gasteiger partial charge on any atom is -0.493 e. The lowest BCUT2D eigenvalue weighted by Gasteiger charge is -2.37. The van der Waals surface area contributed by atoms with Gasteiger partial charge in [0.05, 0.1) is 36.4 Å². The molecule has 2 aromatic carbocycles. The van der Waals surface area contributed by atoms with Gasteiger partial charge in [-0.25, -0.2) is 14.8 Å². The number of hydrogen-bond donors (Lipinski definition) is 1. The Bertz CT molecular complexity index is 1450. The van der Waals surface area contributed by atoms with Gasteiger partial charge in [-0.15, -0.1) is 0 Å². The fraction of sp³-hybridized carbons (Fsp3) is 0.269. The van der Waals surface area contributed by atoms with Crippen LogP contribution in [0.3, 0.4) is 0 Å². The van der Waals surface area contributed by atoms with Crippen molar-refractivity contribution < 1.29 is 19.4 Å². The van der Waals surface area contributed by atoms with E-state index in [-0.39, 0.29) is 5.41 Å². The molecule has 0 radical (unpaired) electrons. The quantitative estimate of drug-likeness (QED) is 0.468. The molecule has 0 saturated carbocycles. The zero-order valence-electron chi connectivity index (χ0n) is 18.8. The summed E-state index contributed by atoms with van der Waals surface area (Å²) in [6.45, 7) is 4.69. The second kappa shape index (κ2) is 7.85. The van der Waals surface area contributed by atoms with E-state index in [2.05, 4.69) is 11.9 Å². The van der Waals surface area contributed by atoms with Gasteiger partial charge in [-0.3, -0.25) is 9.47 Å². The number of rotatable bonds is 5. The summed E-state index contributed by atoms with van der Waals surface area (Å²) in [5, 5.41) is 10.3. The maximum absolute atomic E-state index is 11.3. The van der Waals surface area contributed by atoms with E-state index in [1.807, 2.05) is 53.1 Å². The molecule has 0 aliphatic carbocycles. The van der Waals surface area contributed by atoms with E-state index in [0.717, 1.165) is 57.9 Å². The van der Waals surface area contributed by atoms with Gasteiger partial charge in [0, 0.05) is 35.2 Å². The molecule has 8 nitrogen and oxygen atoms in total. The summed E-state index contributed by atoms with van der Waals surface area (Å²) >= 11 is 0. The van der Waals surface area contributed by atoms with Crippen LogP contribution < -0.4 is 4.74 Å². The number of ether oxygens (including phenoxy) is 2. The van der Waals surface area contributed by atoms with Gasteiger partial charge in [0.1, 0.15) is 17.9 Å². The zero-order valence-corrected chi connectivity index (χ0v) is 18.8. The summed E-state index contributed by atoms with van der Waals surface area (Å²) in [7, 11) is 0. The summed E-state index contributed by atoms with van der Waals surface area (Å²) < 4.78 is 13.3. The molecule has 4 aromatic rings. The van der Waals surface area contributed by atoms with Crippen LogP contribution in [0.25, 0.3) is 33.3 Å². The average molecular weight is 457 g/mol. The number of carboxylic acid groups (broad SMARTS) is 1. The molecular formula is C26H24N4O4. The first kappa shape index (κ1) is 20.7. The van der Waals surface area contributed by atoms with Gasteiger partial charge in [-0.2, -0.15) is 0 Å². The van der Waals surface area contributed by atoms with Crippen LogP contribution in [0.1, 0.15) is 18.9 Å². The van der Waals surface area contributed by atoms with Gasteiger partial charge >= 0.3 is 6.09 Å². The van der Waals surface area contributed by atoms with E-state index in [0.29, 0.717) is 19.6 Å². The molecule has 0 unspecified atom stereocenters. The molecular weight excluding hydrogens is 432 g/mol. The fourth-order valence-electron chi connectivity index (χ4n) is 4.50. The zero-order chi connectivity index (χ0) is 23.3. The van der Waals surface area contributed by atoms with E-state index in [9.17, 15) is 9.90 Å². The normalized spacial score (nSPS) is 17.1. The number of carbonyl (C=O) groups is 1. The van der Waals surface area contributed by atoms with Crippen LogP contribution in [0.15, 0.2) is 61.1 Å². The first-order valence-electron chi connectivity index (χ1n) is 11.3. The Morgan fingerprint density at radius 3 is 2.85 bits per heavy atom. The second-order valence-corrected chi connectivity index (χ2v) is 9.28. The van der Waals surface area contributed by atoms with E-state index < -0.39 is 6.09 Å². The van der Waals surface area contributed by atoms with E-state index in [1.54, 1.807) is 12.5 Å². The monoisotopic (exact) mass is 456 g/mol. The predicted molar refractivity (Wildman–Crippen MR) is 128 cm³/mol. The number of fused-ring (bicyclic) bond motifs is 2. The summed E-state index contributed by atoms with van der Waals surface area (Å²) in [6.07, 6.45) is 3.20. The van der Waals surface area contributed by atoms with Crippen LogP contribution in [0, 0.1) is 5.41 Å². The molecule has 172 valence electrons. The van der Waals surface area contributed by atoms with E-state index >= 15 is 0 Å². The van der Waals surface area contributed by atoms with Crippen LogP contribution >= 0.6 is 0 Å². The van der Waals surface area contributed by atoms with Crippen molar-refractivity contribution in [3.63, 3.8) is 0 Å². The molecule has 1 fully saturated rings. The lowest BCUT2D eigenvalue weighted by atomic mass is 9.90. The molecule has 2 aliphatic rings. The fourth-order valence-corrected chi connectivity index (χ4v) is 4.50. The number of pyridine rings is 1. The molecule has 8 heteroatoms. The minimum atomic E-state index is -0.938. The van der Waals surface area contributed by atoms with E-state index in [1.165, 1.54) is 4.90 Å². The van der Waals surface area contributed by atoms with Crippen molar-refractivity contribution in [2.24, 2.45) is 5.41 Å². The molecule has 1 saturated heterocycles. The van der Waals surface area contributed by atoms with Crippen molar-refractivity contribution in [1.29, 1.82) is 0 Å². The van der Waals surface area contributed by atoms with Gasteiger partial charge in [-0.1, -0.05) is 25.1 Å². The van der Waals surface area contributed by atoms with Gasteiger partial charge in [0.15, 0.2) is 0 Å². The summed E-state index contributed by atoms with van der Waals surface area (Å²) in [5.74, 6) is 1.54. The number of amides is 1. The highest BCUT2D eigenvalue weighted by molar-refractivity contribution is 5.93. The Balaban J connectivity index is 1.34. The van der Waals surface area contributed by atoms with E-state index in [4.69, 9.17) is 14.5 Å². The third-order valence-electron chi connectivity index (χ3n) is 6.48. The number of para-hydroxylation sites is 1. The van der Waals surface area contributed by atoms with Crippen LogP contribution in [-0.4, -0.2) is 57.0 Å². The molecule has 1 amide bonds. The van der Waals surface area contributed by atoms with Crippen molar-refractivity contribution in [1.82, 2.24) is 19.4 Å². The molecule has 1 N–H and O–H groups in total. The Labute approximate surface area is 196 Å². The Morgan fingerprint density at radius 2 is 2.09 bits per heavy atom. The van der Waals surface area contributed by atoms with Crippen molar-refractivity contribution in [3.05, 3.63) is 66.6 Å². The largest absolute Gasteiger partial charge is 0.493 e. The van der Waals surface area contributed by atoms with Gasteiger partial charge in [0.25, 0.3) is 0 Å². The van der Waals surface area contributed by atoms with Gasteiger partial charge in [-0.05, 0) is 36.3 Å². The molecule has 34 heavy (non-hydrogen) atoms. The maximum atomic E-state index is 11.3. The molecule has 2 aromatic heterocycles. The average Bonchev–Trinajstić information content (AvgIpc) is 3.48. The van der Waals surface area contributed by atoms with Crippen molar-refractivity contribution in [2.75, 3.05) is 26.4 Å².